The van der Waals surface area contributed by atoms with Gasteiger partial charge < -0.3 is 19.6 Å². The van der Waals surface area contributed by atoms with Gasteiger partial charge in [-0.05, 0) is 25.1 Å². The van der Waals surface area contributed by atoms with Gasteiger partial charge in [0.2, 0.25) is 0 Å². The van der Waals surface area contributed by atoms with Gasteiger partial charge in [0.05, 0.1) is 12.3 Å². The van der Waals surface area contributed by atoms with E-state index < -0.39 is 29.6 Å². The summed E-state index contributed by atoms with van der Waals surface area (Å²) in [5.41, 5.74) is 5.67. The van der Waals surface area contributed by atoms with Crippen molar-refractivity contribution < 1.29 is 27.9 Å². The van der Waals surface area contributed by atoms with Crippen LogP contribution in [0.5, 0.6) is 0 Å². The maximum Gasteiger partial charge on any atom is 0.421 e. The monoisotopic (exact) mass is 279 g/mol. The Morgan fingerprint density at radius 2 is 1.85 bits per heavy atom. The number of fused-ring (bicyclic) bond motifs is 1. The van der Waals surface area contributed by atoms with Crippen molar-refractivity contribution in [3.05, 3.63) is 35.8 Å². The number of hydrogen-bond donors (Lipinski definition) is 1. The zero-order valence-electron chi connectivity index (χ0n) is 10.4. The van der Waals surface area contributed by atoms with Crippen molar-refractivity contribution >= 4 is 22.9 Å². The molecule has 1 aliphatic rings. The van der Waals surface area contributed by atoms with E-state index in [-0.39, 0.29) is 11.1 Å². The molecule has 0 aliphatic carbocycles. The van der Waals surface area contributed by atoms with Crippen molar-refractivity contribution in [3.8, 4) is 0 Å². The normalized spacial score (nSPS) is 18.9. The predicted octanol–water partition coefficient (Wildman–Crippen LogP) is 1.17. The van der Waals surface area contributed by atoms with Crippen molar-refractivity contribution in [1.29, 1.82) is 0 Å². The Morgan fingerprint density at radius 3 is 2.45 bits per heavy atom. The van der Waals surface area contributed by atoms with E-state index >= 15 is 0 Å². The number of carbonyl (C=O) groups is 2. The van der Waals surface area contributed by atoms with Gasteiger partial charge in [-0.3, -0.25) is 0 Å². The van der Waals surface area contributed by atoms with Crippen LogP contribution in [-0.2, 0) is 24.8 Å². The Balaban J connectivity index is 2.31. The van der Waals surface area contributed by atoms with Gasteiger partial charge in [0.1, 0.15) is 17.0 Å². The van der Waals surface area contributed by atoms with Gasteiger partial charge >= 0.3 is 17.7 Å². The quantitative estimate of drug-likeness (QED) is 0.655. The molecule has 7 heteroatoms. The van der Waals surface area contributed by atoms with E-state index in [4.69, 9.17) is 19.6 Å². The lowest BCUT2D eigenvalue weighted by molar-refractivity contribution is -0.192. The van der Waals surface area contributed by atoms with Crippen LogP contribution in [0.15, 0.2) is 28.9 Å². The molecular formula is C13H10FNO5. The maximum atomic E-state index is 14.2. The van der Waals surface area contributed by atoms with Crippen LogP contribution in [0.1, 0.15) is 12.5 Å². The van der Waals surface area contributed by atoms with E-state index in [1.807, 2.05) is 0 Å². The maximum absolute atomic E-state index is 14.2. The first kappa shape index (κ1) is 12.6. The van der Waals surface area contributed by atoms with Gasteiger partial charge in [-0.1, -0.05) is 0 Å². The molecule has 1 atom stereocenters. The summed E-state index contributed by atoms with van der Waals surface area (Å²) in [6, 6.07) is 3.27. The summed E-state index contributed by atoms with van der Waals surface area (Å²) in [5.74, 6) is -5.20. The highest BCUT2D eigenvalue weighted by atomic mass is 19.1. The summed E-state index contributed by atoms with van der Waals surface area (Å²) >= 11 is 0. The summed E-state index contributed by atoms with van der Waals surface area (Å²) in [6.07, 6.45) is 1.35. The molecule has 0 saturated carbocycles. The smallest absolute Gasteiger partial charge is 0.421 e. The Labute approximate surface area is 112 Å². The fourth-order valence-electron chi connectivity index (χ4n) is 2.23. The lowest BCUT2D eigenvalue weighted by Gasteiger charge is -2.29. The Hall–Kier alpha value is -2.41. The molecule has 2 heterocycles. The summed E-state index contributed by atoms with van der Waals surface area (Å²) in [4.78, 5) is 22.7. The molecule has 1 unspecified atom stereocenters. The zero-order valence-corrected chi connectivity index (χ0v) is 10.4. The molecule has 1 fully saturated rings. The zero-order chi connectivity index (χ0) is 14.5. The van der Waals surface area contributed by atoms with E-state index in [2.05, 4.69) is 0 Å². The number of hydrogen-bond acceptors (Lipinski definition) is 6. The van der Waals surface area contributed by atoms with Crippen LogP contribution in [0, 0.1) is 5.82 Å². The standard InChI is InChI=1S/C13H10FNO5/c1-6(15)13(19-11(16)12(17)20-13)9-8(14)3-2-7-4-5-18-10(7)9/h2-6H,15H2,1H3. The van der Waals surface area contributed by atoms with Gasteiger partial charge in [0.15, 0.2) is 0 Å². The second-order valence-corrected chi connectivity index (χ2v) is 4.50. The SMILES string of the molecule is CC(N)C1(c2c(F)ccc3ccoc23)OC(=O)C(=O)O1. The molecule has 1 aliphatic heterocycles. The fraction of sp³-hybridized carbons (Fsp3) is 0.231. The van der Waals surface area contributed by atoms with Crippen molar-refractivity contribution in [2.24, 2.45) is 5.73 Å². The highest BCUT2D eigenvalue weighted by Crippen LogP contribution is 2.40. The third kappa shape index (κ3) is 1.53. The van der Waals surface area contributed by atoms with Crippen LogP contribution in [0.25, 0.3) is 11.0 Å². The molecule has 2 aromatic rings. The predicted molar refractivity (Wildman–Crippen MR) is 63.7 cm³/mol. The molecule has 1 aromatic heterocycles. The highest BCUT2D eigenvalue weighted by molar-refractivity contribution is 6.31. The van der Waals surface area contributed by atoms with Gasteiger partial charge in [0.25, 0.3) is 0 Å². The van der Waals surface area contributed by atoms with Crippen LogP contribution in [-0.4, -0.2) is 18.0 Å². The number of carbonyl (C=O) groups excluding carboxylic acids is 2. The van der Waals surface area contributed by atoms with E-state index in [0.717, 1.165) is 6.07 Å². The second kappa shape index (κ2) is 4.04. The number of rotatable bonds is 2. The van der Waals surface area contributed by atoms with Crippen molar-refractivity contribution in [1.82, 2.24) is 0 Å². The third-order valence-electron chi connectivity index (χ3n) is 3.17. The van der Waals surface area contributed by atoms with E-state index in [0.29, 0.717) is 5.39 Å². The van der Waals surface area contributed by atoms with Gasteiger partial charge in [0, 0.05) is 5.39 Å². The molecule has 0 amide bonds. The molecule has 0 bridgehead atoms. The van der Waals surface area contributed by atoms with E-state index in [1.165, 1.54) is 19.3 Å². The first-order chi connectivity index (χ1) is 9.45. The topological polar surface area (TPSA) is 91.8 Å². The van der Waals surface area contributed by atoms with Crippen LogP contribution in [0.4, 0.5) is 4.39 Å². The highest BCUT2D eigenvalue weighted by Gasteiger charge is 2.55. The molecule has 2 N–H and O–H groups in total. The number of nitrogens with two attached hydrogens (primary N) is 1. The largest absolute Gasteiger partial charge is 0.464 e. The molecule has 0 radical (unpaired) electrons. The molecule has 0 spiro atoms. The number of ether oxygens (including phenoxy) is 2. The lowest BCUT2D eigenvalue weighted by atomic mass is 9.97. The van der Waals surface area contributed by atoms with Crippen LogP contribution < -0.4 is 5.73 Å². The van der Waals surface area contributed by atoms with Gasteiger partial charge in [-0.2, -0.15) is 0 Å². The first-order valence-electron chi connectivity index (χ1n) is 5.84. The molecule has 6 nitrogen and oxygen atoms in total. The minimum absolute atomic E-state index is 0.116. The van der Waals surface area contributed by atoms with Crippen molar-refractivity contribution in [2.45, 2.75) is 18.8 Å². The van der Waals surface area contributed by atoms with Gasteiger partial charge in [-0.15, -0.1) is 0 Å². The number of halogens is 1. The molecule has 1 saturated heterocycles. The van der Waals surface area contributed by atoms with E-state index in [9.17, 15) is 14.0 Å². The number of cyclic esters (lactones) is 2. The van der Waals surface area contributed by atoms with Crippen molar-refractivity contribution in [3.63, 3.8) is 0 Å². The first-order valence-corrected chi connectivity index (χ1v) is 5.84. The number of benzene rings is 1. The number of furan rings is 1. The van der Waals surface area contributed by atoms with E-state index in [1.54, 1.807) is 6.07 Å². The summed E-state index contributed by atoms with van der Waals surface area (Å²) in [7, 11) is 0. The minimum Gasteiger partial charge on any atom is -0.464 e. The summed E-state index contributed by atoms with van der Waals surface area (Å²) < 4.78 is 29.3. The summed E-state index contributed by atoms with van der Waals surface area (Å²) in [6.45, 7) is 1.44. The minimum atomic E-state index is -2.02. The molecule has 3 rings (SSSR count). The van der Waals surface area contributed by atoms with Crippen LogP contribution in [0.2, 0.25) is 0 Å². The summed E-state index contributed by atoms with van der Waals surface area (Å²) in [5, 5.41) is 0.570. The molecule has 20 heavy (non-hydrogen) atoms. The Bertz CT molecular complexity index is 705. The van der Waals surface area contributed by atoms with Gasteiger partial charge in [-0.25, -0.2) is 14.0 Å². The Morgan fingerprint density at radius 1 is 1.20 bits per heavy atom. The average Bonchev–Trinajstić information content (AvgIpc) is 2.95. The average molecular weight is 279 g/mol. The molecule has 104 valence electrons. The fourth-order valence-corrected chi connectivity index (χ4v) is 2.23. The lowest BCUT2D eigenvalue weighted by Crippen LogP contribution is -2.45. The molecule has 1 aromatic carbocycles. The van der Waals surface area contributed by atoms with Crippen molar-refractivity contribution in [2.75, 3.05) is 0 Å². The number of esters is 2. The third-order valence-corrected chi connectivity index (χ3v) is 3.17. The second-order valence-electron chi connectivity index (χ2n) is 4.50. The Kier molecular flexibility index (Phi) is 2.55. The van der Waals surface area contributed by atoms with Crippen LogP contribution >= 0.6 is 0 Å². The molecular weight excluding hydrogens is 269 g/mol. The van der Waals surface area contributed by atoms with Crippen LogP contribution in [0.3, 0.4) is 0 Å².